The van der Waals surface area contributed by atoms with Gasteiger partial charge in [0.05, 0.1) is 12.1 Å². The molecular formula is C22H26N2O6. The molecule has 0 bridgehead atoms. The summed E-state index contributed by atoms with van der Waals surface area (Å²) in [5.41, 5.74) is 3.84. The molecule has 0 radical (unpaired) electrons. The number of aliphatic hydroxyl groups excluding tert-OH is 1. The maximum absolute atomic E-state index is 12.6. The molecule has 160 valence electrons. The predicted octanol–water partition coefficient (Wildman–Crippen LogP) is 3.20. The molecule has 2 amide bonds. The van der Waals surface area contributed by atoms with Gasteiger partial charge in [-0.25, -0.2) is 20.0 Å². The van der Waals surface area contributed by atoms with Crippen LogP contribution in [0.5, 0.6) is 0 Å². The van der Waals surface area contributed by atoms with E-state index in [1.54, 1.807) is 36.4 Å². The van der Waals surface area contributed by atoms with Crippen LogP contribution in [0.2, 0.25) is 0 Å². The van der Waals surface area contributed by atoms with E-state index in [0.717, 1.165) is 16.1 Å². The number of carbonyl (C=O) groups excluding carboxylic acids is 3. The minimum absolute atomic E-state index is 0.00393. The number of Topliss-reactive ketones (excluding diaryl/α,β-unsaturated/α-hetero) is 1. The number of carbonyl (C=O) groups is 3. The average Bonchev–Trinajstić information content (AvgIpc) is 2.75. The maximum Gasteiger partial charge on any atom is 0.429 e. The van der Waals surface area contributed by atoms with Gasteiger partial charge in [-0.15, -0.1) is 0 Å². The first-order valence-corrected chi connectivity index (χ1v) is 9.51. The van der Waals surface area contributed by atoms with Gasteiger partial charge in [-0.1, -0.05) is 60.7 Å². The van der Waals surface area contributed by atoms with E-state index < -0.39 is 24.3 Å². The fourth-order valence-electron chi connectivity index (χ4n) is 2.59. The van der Waals surface area contributed by atoms with Crippen LogP contribution in [0, 0.1) is 0 Å². The van der Waals surface area contributed by atoms with Gasteiger partial charge in [-0.3, -0.25) is 4.79 Å². The van der Waals surface area contributed by atoms with Crippen LogP contribution in [0.3, 0.4) is 0 Å². The Bertz CT molecular complexity index is 828. The fraction of sp³-hybridized carbons (Fsp3) is 0.318. The van der Waals surface area contributed by atoms with Crippen molar-refractivity contribution in [1.29, 1.82) is 0 Å². The molecule has 0 aliphatic carbocycles. The van der Waals surface area contributed by atoms with Crippen molar-refractivity contribution in [2.45, 2.75) is 45.6 Å². The third kappa shape index (κ3) is 7.56. The summed E-state index contributed by atoms with van der Waals surface area (Å²) in [5, 5.41) is 11.1. The second-order valence-corrected chi connectivity index (χ2v) is 6.80. The van der Waals surface area contributed by atoms with Crippen molar-refractivity contribution < 1.29 is 29.0 Å². The Morgan fingerprint density at radius 3 is 1.93 bits per heavy atom. The Morgan fingerprint density at radius 1 is 0.933 bits per heavy atom. The largest absolute Gasteiger partial charge is 0.443 e. The summed E-state index contributed by atoms with van der Waals surface area (Å²) in [5.74, 6) is -0.251. The summed E-state index contributed by atoms with van der Waals surface area (Å²) >= 11 is 0. The highest BCUT2D eigenvalue weighted by Gasteiger charge is 2.30. The van der Waals surface area contributed by atoms with Gasteiger partial charge in [-0.05, 0) is 25.0 Å². The Hall–Kier alpha value is -3.39. The Labute approximate surface area is 175 Å². The zero-order chi connectivity index (χ0) is 21.9. The molecule has 0 unspecified atom stereocenters. The molecule has 0 fully saturated rings. The number of aliphatic hydroxyl groups is 1. The topological polar surface area (TPSA) is 105 Å². The molecule has 0 aliphatic rings. The number of rotatable bonds is 8. The van der Waals surface area contributed by atoms with Gasteiger partial charge in [-0.2, -0.15) is 0 Å². The van der Waals surface area contributed by atoms with E-state index in [0.29, 0.717) is 0 Å². The third-order valence-corrected chi connectivity index (χ3v) is 4.29. The normalized spacial score (nSPS) is 12.4. The minimum Gasteiger partial charge on any atom is -0.443 e. The molecule has 2 aromatic rings. The Kier molecular flexibility index (Phi) is 8.83. The number of nitrogens with one attached hydrogen (secondary N) is 1. The summed E-state index contributed by atoms with van der Waals surface area (Å²) in [4.78, 5) is 36.2. The van der Waals surface area contributed by atoms with Crippen LogP contribution in [-0.2, 0) is 27.5 Å². The molecule has 8 heteroatoms. The lowest BCUT2D eigenvalue weighted by Gasteiger charge is -2.30. The molecule has 2 aromatic carbocycles. The number of hydrazine groups is 1. The summed E-state index contributed by atoms with van der Waals surface area (Å²) in [6.45, 7) is 2.81. The number of ether oxygens (including phenoxy) is 2. The van der Waals surface area contributed by atoms with Crippen molar-refractivity contribution in [2.75, 3.05) is 0 Å². The lowest BCUT2D eigenvalue weighted by atomic mass is 10.1. The lowest BCUT2D eigenvalue weighted by Crippen LogP contribution is -2.55. The summed E-state index contributed by atoms with van der Waals surface area (Å²) in [7, 11) is 0. The minimum atomic E-state index is -1.19. The molecule has 0 heterocycles. The smallest absolute Gasteiger partial charge is 0.429 e. The van der Waals surface area contributed by atoms with E-state index in [9.17, 15) is 19.5 Å². The molecule has 2 atom stereocenters. The van der Waals surface area contributed by atoms with Gasteiger partial charge in [0, 0.05) is 6.42 Å². The van der Waals surface area contributed by atoms with Gasteiger partial charge in [0.1, 0.15) is 19.0 Å². The maximum atomic E-state index is 12.6. The van der Waals surface area contributed by atoms with E-state index >= 15 is 0 Å². The third-order valence-electron chi connectivity index (χ3n) is 4.29. The van der Waals surface area contributed by atoms with E-state index in [1.807, 2.05) is 24.3 Å². The fourth-order valence-corrected chi connectivity index (χ4v) is 2.59. The van der Waals surface area contributed by atoms with Crippen LogP contribution in [0.15, 0.2) is 60.7 Å². The van der Waals surface area contributed by atoms with Crippen LogP contribution in [0.4, 0.5) is 9.59 Å². The standard InChI is InChI=1S/C22H26N2O6/c1-16(25)13-20(26)17(2)24(22(28)30-15-19-11-7-4-8-12-19)23-21(27)29-14-18-9-5-3-6-10-18/h3-12,17,20,26H,13-15H2,1-2H3,(H,23,27)/t17-,20+/m0/s1. The van der Waals surface area contributed by atoms with Gasteiger partial charge < -0.3 is 14.6 Å². The van der Waals surface area contributed by atoms with Gasteiger partial charge >= 0.3 is 12.2 Å². The van der Waals surface area contributed by atoms with Gasteiger partial charge in [0.15, 0.2) is 0 Å². The highest BCUT2D eigenvalue weighted by atomic mass is 16.6. The van der Waals surface area contributed by atoms with Crippen molar-refractivity contribution in [3.63, 3.8) is 0 Å². The van der Waals surface area contributed by atoms with E-state index in [2.05, 4.69) is 5.43 Å². The van der Waals surface area contributed by atoms with Gasteiger partial charge in [0.2, 0.25) is 0 Å². The molecule has 8 nitrogen and oxygen atoms in total. The molecule has 0 saturated carbocycles. The van der Waals surface area contributed by atoms with Crippen molar-refractivity contribution in [1.82, 2.24) is 10.4 Å². The first-order valence-electron chi connectivity index (χ1n) is 9.51. The van der Waals surface area contributed by atoms with Crippen LogP contribution in [-0.4, -0.2) is 40.2 Å². The second-order valence-electron chi connectivity index (χ2n) is 6.80. The monoisotopic (exact) mass is 414 g/mol. The first-order chi connectivity index (χ1) is 14.4. The van der Waals surface area contributed by atoms with Crippen molar-refractivity contribution in [2.24, 2.45) is 0 Å². The quantitative estimate of drug-likeness (QED) is 0.643. The number of benzene rings is 2. The molecule has 30 heavy (non-hydrogen) atoms. The molecule has 0 aromatic heterocycles. The number of hydrogen-bond acceptors (Lipinski definition) is 6. The molecule has 0 saturated heterocycles. The first kappa shape index (κ1) is 22.9. The number of nitrogens with zero attached hydrogens (tertiary/aromatic N) is 1. The van der Waals surface area contributed by atoms with Crippen molar-refractivity contribution in [3.05, 3.63) is 71.8 Å². The van der Waals surface area contributed by atoms with Crippen LogP contribution in [0.25, 0.3) is 0 Å². The predicted molar refractivity (Wildman–Crippen MR) is 109 cm³/mol. The number of amides is 2. The average molecular weight is 414 g/mol. The van der Waals surface area contributed by atoms with Crippen LogP contribution < -0.4 is 5.43 Å². The highest BCUT2D eigenvalue weighted by molar-refractivity contribution is 5.77. The van der Waals surface area contributed by atoms with E-state index in [1.165, 1.54) is 13.8 Å². The molecule has 0 spiro atoms. The Morgan fingerprint density at radius 2 is 1.43 bits per heavy atom. The second kappa shape index (κ2) is 11.6. The number of hydrogen-bond donors (Lipinski definition) is 2. The SMILES string of the molecule is CC(=O)C[C@@H](O)[C@H](C)N(NC(=O)OCc1ccccc1)C(=O)OCc1ccccc1. The zero-order valence-electron chi connectivity index (χ0n) is 17.0. The Balaban J connectivity index is 2.02. The summed E-state index contributed by atoms with van der Waals surface area (Å²) in [6.07, 6.45) is -3.14. The van der Waals surface area contributed by atoms with Gasteiger partial charge in [0.25, 0.3) is 0 Å². The summed E-state index contributed by atoms with van der Waals surface area (Å²) < 4.78 is 10.4. The van der Waals surface area contributed by atoms with Crippen LogP contribution >= 0.6 is 0 Å². The number of ketones is 1. The van der Waals surface area contributed by atoms with E-state index in [4.69, 9.17) is 9.47 Å². The van der Waals surface area contributed by atoms with Crippen molar-refractivity contribution in [3.8, 4) is 0 Å². The van der Waals surface area contributed by atoms with Crippen LogP contribution in [0.1, 0.15) is 31.4 Å². The lowest BCUT2D eigenvalue weighted by molar-refractivity contribution is -0.119. The van der Waals surface area contributed by atoms with Crippen molar-refractivity contribution >= 4 is 18.0 Å². The zero-order valence-corrected chi connectivity index (χ0v) is 17.0. The molecule has 0 aliphatic heterocycles. The highest BCUT2D eigenvalue weighted by Crippen LogP contribution is 2.11. The molecule has 2 rings (SSSR count). The molecular weight excluding hydrogens is 388 g/mol. The molecule has 2 N–H and O–H groups in total. The summed E-state index contributed by atoms with van der Waals surface area (Å²) in [6, 6.07) is 17.1. The van der Waals surface area contributed by atoms with E-state index in [-0.39, 0.29) is 25.4 Å².